The van der Waals surface area contributed by atoms with E-state index in [1.807, 2.05) is 13.8 Å². The van der Waals surface area contributed by atoms with Crippen molar-refractivity contribution in [1.82, 2.24) is 0 Å². The van der Waals surface area contributed by atoms with Gasteiger partial charge in [0, 0.05) is 11.3 Å². The Morgan fingerprint density at radius 3 is 2.41 bits per heavy atom. The van der Waals surface area contributed by atoms with Crippen LogP contribution in [0.2, 0.25) is 0 Å². The second-order valence-electron chi connectivity index (χ2n) is 10.4. The van der Waals surface area contributed by atoms with Crippen LogP contribution in [0.3, 0.4) is 0 Å². The fraction of sp³-hybridized carbons (Fsp3) is 0.870. The highest BCUT2D eigenvalue weighted by Gasteiger charge is 2.64. The Labute approximate surface area is 164 Å². The van der Waals surface area contributed by atoms with Crippen molar-refractivity contribution in [2.75, 3.05) is 0 Å². The molecule has 0 saturated heterocycles. The minimum absolute atomic E-state index is 0.00636. The summed E-state index contributed by atoms with van der Waals surface area (Å²) in [5.41, 5.74) is 0.386. The van der Waals surface area contributed by atoms with E-state index in [4.69, 9.17) is 0 Å². The molecule has 0 radical (unpaired) electrons. The van der Waals surface area contributed by atoms with Crippen LogP contribution in [-0.2, 0) is 4.79 Å². The molecule has 4 heteroatoms. The van der Waals surface area contributed by atoms with Gasteiger partial charge >= 0.3 is 0 Å². The Hall–Kier alpha value is -1.03. The van der Waals surface area contributed by atoms with E-state index in [0.29, 0.717) is 24.7 Å². The summed E-state index contributed by atoms with van der Waals surface area (Å²) < 4.78 is 0. The Morgan fingerprint density at radius 2 is 1.85 bits per heavy atom. The molecule has 0 aromatic heterocycles. The summed E-state index contributed by atoms with van der Waals surface area (Å²) in [6, 6.07) is 0. The molecule has 0 aliphatic heterocycles. The van der Waals surface area contributed by atoms with Gasteiger partial charge < -0.3 is 5.11 Å². The number of nitrogens with zero attached hydrogens (tertiary/aromatic N) is 1. The van der Waals surface area contributed by atoms with Gasteiger partial charge in [0.2, 0.25) is 0 Å². The van der Waals surface area contributed by atoms with Gasteiger partial charge in [-0.15, -0.1) is 0 Å². The fourth-order valence-corrected chi connectivity index (χ4v) is 7.31. The average molecular weight is 376 g/mol. The maximum atomic E-state index is 13.9. The number of hydrogen-bond donors (Lipinski definition) is 1. The third kappa shape index (κ3) is 2.54. The third-order valence-electron chi connectivity index (χ3n) is 9.08. The summed E-state index contributed by atoms with van der Waals surface area (Å²) in [5, 5.41) is 14.9. The van der Waals surface area contributed by atoms with E-state index in [1.54, 1.807) is 0 Å². The van der Waals surface area contributed by atoms with Crippen molar-refractivity contribution in [3.8, 4) is 0 Å². The number of allylic oxidation sites excluding steroid dienone is 1. The van der Waals surface area contributed by atoms with Gasteiger partial charge in [-0.25, -0.2) is 0 Å². The molecule has 0 amide bonds. The molecule has 4 nitrogen and oxygen atoms in total. The zero-order valence-corrected chi connectivity index (χ0v) is 18.1. The molecule has 2 fully saturated rings. The van der Waals surface area contributed by atoms with Crippen LogP contribution in [-0.4, -0.2) is 22.5 Å². The average Bonchev–Trinajstić information content (AvgIpc) is 2.60. The lowest BCUT2D eigenvalue weighted by molar-refractivity contribution is -0.161. The molecule has 7 atom stereocenters. The van der Waals surface area contributed by atoms with Crippen LogP contribution in [0.15, 0.2) is 16.3 Å². The smallest absolute Gasteiger partial charge is 0.148 e. The highest BCUT2D eigenvalue weighted by molar-refractivity contribution is 5.90. The molecule has 0 aromatic carbocycles. The lowest BCUT2D eigenvalue weighted by atomic mass is 9.45. The lowest BCUT2D eigenvalue weighted by Crippen LogP contribution is -2.62. The fourth-order valence-electron chi connectivity index (χ4n) is 7.31. The van der Waals surface area contributed by atoms with Crippen molar-refractivity contribution < 1.29 is 9.90 Å². The molecule has 3 aliphatic rings. The normalized spacial score (nSPS) is 47.1. The van der Waals surface area contributed by atoms with Gasteiger partial charge in [0.1, 0.15) is 11.3 Å². The largest absolute Gasteiger partial charge is 0.392 e. The molecule has 2 bridgehead atoms. The number of aliphatic hydroxyl groups is 1. The number of aliphatic hydroxyl groups excluding tert-OH is 1. The third-order valence-corrected chi connectivity index (χ3v) is 9.08. The summed E-state index contributed by atoms with van der Waals surface area (Å²) >= 11 is 0. The highest BCUT2D eigenvalue weighted by Crippen LogP contribution is 2.62. The van der Waals surface area contributed by atoms with Crippen molar-refractivity contribution in [3.63, 3.8) is 0 Å². The van der Waals surface area contributed by atoms with Crippen molar-refractivity contribution in [3.05, 3.63) is 16.1 Å². The van der Waals surface area contributed by atoms with Crippen molar-refractivity contribution >= 4 is 5.78 Å². The van der Waals surface area contributed by atoms with Crippen LogP contribution in [0, 0.1) is 39.4 Å². The van der Waals surface area contributed by atoms with Gasteiger partial charge in [-0.1, -0.05) is 57.4 Å². The van der Waals surface area contributed by atoms with E-state index in [2.05, 4.69) is 39.8 Å². The highest BCUT2D eigenvalue weighted by atomic mass is 16.3. The summed E-state index contributed by atoms with van der Waals surface area (Å²) in [5.74, 6) is 0.549. The first-order valence-electron chi connectivity index (χ1n) is 10.7. The van der Waals surface area contributed by atoms with E-state index >= 15 is 0 Å². The van der Waals surface area contributed by atoms with E-state index in [1.165, 1.54) is 5.57 Å². The Bertz CT molecular complexity index is 681. The Balaban J connectivity index is 2.28. The second kappa shape index (κ2) is 6.50. The zero-order chi connectivity index (χ0) is 20.4. The number of carbonyl (C=O) groups is 1. The van der Waals surface area contributed by atoms with Gasteiger partial charge in [-0.05, 0) is 57.3 Å². The summed E-state index contributed by atoms with van der Waals surface area (Å²) in [6.07, 6.45) is 3.16. The SMILES string of the molecule is CCC1C(C)CC(O)C2(C)C(=O)C(C)C3=C(C)CCC(N=O)(CC12)C3(C)C. The van der Waals surface area contributed by atoms with Crippen molar-refractivity contribution in [2.45, 2.75) is 92.2 Å². The first-order valence-corrected chi connectivity index (χ1v) is 10.7. The monoisotopic (exact) mass is 375 g/mol. The van der Waals surface area contributed by atoms with Gasteiger partial charge in [0.25, 0.3) is 0 Å². The van der Waals surface area contributed by atoms with Gasteiger partial charge in [-0.2, -0.15) is 4.91 Å². The molecular weight excluding hydrogens is 338 g/mol. The van der Waals surface area contributed by atoms with Crippen LogP contribution >= 0.6 is 0 Å². The molecule has 1 N–H and O–H groups in total. The topological polar surface area (TPSA) is 66.7 Å². The van der Waals surface area contributed by atoms with Crippen LogP contribution in [0.1, 0.15) is 80.6 Å². The molecule has 7 unspecified atom stereocenters. The van der Waals surface area contributed by atoms with Gasteiger partial charge in [0.05, 0.1) is 11.5 Å². The quantitative estimate of drug-likeness (QED) is 0.527. The molecule has 27 heavy (non-hydrogen) atoms. The molecule has 3 rings (SSSR count). The maximum absolute atomic E-state index is 13.9. The van der Waals surface area contributed by atoms with Gasteiger partial charge in [-0.3, -0.25) is 4.79 Å². The van der Waals surface area contributed by atoms with Crippen molar-refractivity contribution in [1.29, 1.82) is 0 Å². The summed E-state index contributed by atoms with van der Waals surface area (Å²) in [7, 11) is 0. The minimum Gasteiger partial charge on any atom is -0.392 e. The van der Waals surface area contributed by atoms with Crippen LogP contribution in [0.25, 0.3) is 0 Å². The maximum Gasteiger partial charge on any atom is 0.148 e. The molecule has 152 valence electrons. The lowest BCUT2D eigenvalue weighted by Gasteiger charge is -2.59. The Kier molecular flexibility index (Phi) is 4.99. The zero-order valence-electron chi connectivity index (χ0n) is 18.1. The number of nitroso groups, excluding NO2 is 1. The van der Waals surface area contributed by atoms with Crippen LogP contribution < -0.4 is 0 Å². The van der Waals surface area contributed by atoms with Crippen LogP contribution in [0.5, 0.6) is 0 Å². The number of carbonyl (C=O) groups excluding carboxylic acids is 1. The van der Waals surface area contributed by atoms with E-state index in [0.717, 1.165) is 24.8 Å². The second-order valence-corrected chi connectivity index (χ2v) is 10.4. The number of ketones is 1. The number of Topliss-reactive ketones (excluding diaryl/α,β-unsaturated/α-hetero) is 1. The molecule has 0 spiro atoms. The minimum atomic E-state index is -0.804. The Morgan fingerprint density at radius 1 is 1.22 bits per heavy atom. The summed E-state index contributed by atoms with van der Waals surface area (Å²) in [4.78, 5) is 26.2. The molecule has 2 saturated carbocycles. The van der Waals surface area contributed by atoms with Gasteiger partial charge in [0.15, 0.2) is 0 Å². The van der Waals surface area contributed by atoms with E-state index in [-0.39, 0.29) is 17.6 Å². The standard InChI is InChI=1S/C23H37NO3/c1-8-16-14(3)11-18(25)22(7)17(16)12-23(24-27)10-9-13(2)19(21(23,5)6)15(4)20(22)26/h14-18,25H,8-12H2,1-7H3. The predicted molar refractivity (Wildman–Crippen MR) is 108 cm³/mol. The molecular formula is C23H37NO3. The number of fused-ring (bicyclic) bond motifs is 3. The van der Waals surface area contributed by atoms with Crippen molar-refractivity contribution in [2.24, 2.45) is 39.7 Å². The predicted octanol–water partition coefficient (Wildman–Crippen LogP) is 5.29. The van der Waals surface area contributed by atoms with E-state index in [9.17, 15) is 14.8 Å². The summed E-state index contributed by atoms with van der Waals surface area (Å²) in [6.45, 7) is 14.7. The van der Waals surface area contributed by atoms with Crippen LogP contribution in [0.4, 0.5) is 0 Å². The number of hydrogen-bond acceptors (Lipinski definition) is 4. The van der Waals surface area contributed by atoms with E-state index < -0.39 is 22.5 Å². The molecule has 0 heterocycles. The molecule has 3 aliphatic carbocycles. The number of rotatable bonds is 2. The first-order chi connectivity index (χ1) is 12.5. The molecule has 0 aromatic rings. The first kappa shape index (κ1) is 20.7.